The molecule has 0 spiro atoms. The van der Waals surface area contributed by atoms with Crippen LogP contribution in [-0.2, 0) is 16.1 Å². The highest BCUT2D eigenvalue weighted by Crippen LogP contribution is 2.42. The van der Waals surface area contributed by atoms with Gasteiger partial charge < -0.3 is 10.6 Å². The van der Waals surface area contributed by atoms with E-state index in [9.17, 15) is 9.59 Å². The van der Waals surface area contributed by atoms with Crippen LogP contribution in [0.3, 0.4) is 0 Å². The first-order valence-corrected chi connectivity index (χ1v) is 10.2. The number of aromatic nitrogens is 2. The van der Waals surface area contributed by atoms with E-state index in [4.69, 9.17) is 0 Å². The second-order valence-corrected chi connectivity index (χ2v) is 8.79. The molecule has 2 amide bonds. The Morgan fingerprint density at radius 1 is 1.17 bits per heavy atom. The van der Waals surface area contributed by atoms with Crippen molar-refractivity contribution in [2.75, 3.05) is 10.6 Å². The number of anilines is 2. The minimum Gasteiger partial charge on any atom is -0.324 e. The fraction of sp³-hybridized carbons (Fsp3) is 0.227. The third-order valence-electron chi connectivity index (χ3n) is 4.94. The molecule has 1 atom stereocenters. The van der Waals surface area contributed by atoms with Gasteiger partial charge in [0, 0.05) is 16.3 Å². The fourth-order valence-electron chi connectivity index (χ4n) is 3.32. The third kappa shape index (κ3) is 3.78. The predicted octanol–water partition coefficient (Wildman–Crippen LogP) is 3.99. The summed E-state index contributed by atoms with van der Waals surface area (Å²) in [4.78, 5) is 26.6. The lowest BCUT2D eigenvalue weighted by molar-refractivity contribution is -0.126. The zero-order valence-electron chi connectivity index (χ0n) is 16.5. The molecule has 2 aromatic carbocycles. The van der Waals surface area contributed by atoms with Crippen molar-refractivity contribution in [1.29, 1.82) is 0 Å². The Balaban J connectivity index is 1.53. The van der Waals surface area contributed by atoms with E-state index in [2.05, 4.69) is 15.7 Å². The topological polar surface area (TPSA) is 76.0 Å². The zero-order valence-corrected chi connectivity index (χ0v) is 17.3. The smallest absolute Gasteiger partial charge is 0.250 e. The van der Waals surface area contributed by atoms with E-state index in [0.717, 1.165) is 27.5 Å². The van der Waals surface area contributed by atoms with Gasteiger partial charge in [0.15, 0.2) is 4.75 Å². The molecule has 1 aliphatic heterocycles. The molecule has 4 rings (SSSR count). The maximum Gasteiger partial charge on any atom is 0.250 e. The maximum atomic E-state index is 13.0. The lowest BCUT2D eigenvalue weighted by Crippen LogP contribution is -2.49. The Morgan fingerprint density at radius 2 is 1.97 bits per heavy atom. The Bertz CT molecular complexity index is 1110. The van der Waals surface area contributed by atoms with Gasteiger partial charge in [0.05, 0.1) is 17.9 Å². The number of hydrogen-bond donors (Lipinski definition) is 2. The number of carbonyl (C=O) groups excluding carboxylic acids is 2. The van der Waals surface area contributed by atoms with Crippen molar-refractivity contribution in [1.82, 2.24) is 9.78 Å². The van der Waals surface area contributed by atoms with Crippen molar-refractivity contribution < 1.29 is 9.59 Å². The van der Waals surface area contributed by atoms with Gasteiger partial charge in [0.25, 0.3) is 0 Å². The molecular weight excluding hydrogens is 384 g/mol. The minimum atomic E-state index is -1.25. The maximum absolute atomic E-state index is 13.0. The summed E-state index contributed by atoms with van der Waals surface area (Å²) < 4.78 is 0.680. The van der Waals surface area contributed by atoms with Gasteiger partial charge in [-0.2, -0.15) is 5.10 Å². The molecule has 2 N–H and O–H groups in total. The molecule has 6 nitrogen and oxygen atoms in total. The van der Waals surface area contributed by atoms with Crippen molar-refractivity contribution in [3.05, 3.63) is 71.5 Å². The molecule has 7 heteroatoms. The number of para-hydroxylation sites is 1. The Labute approximate surface area is 173 Å². The minimum absolute atomic E-state index is 0.322. The molecule has 0 saturated carbocycles. The van der Waals surface area contributed by atoms with E-state index in [1.165, 1.54) is 11.8 Å². The molecule has 2 heterocycles. The van der Waals surface area contributed by atoms with E-state index >= 15 is 0 Å². The molecule has 0 radical (unpaired) electrons. The standard InChI is InChI=1S/C22H22N4O2S/c1-14-11-15(2)26(25-14)13-16-7-6-8-17(12-16)23-20(27)22(3)21(28)24-18-9-4-5-10-19(18)29-22/h4-12H,13H2,1-3H3,(H,23,27)(H,24,28). The molecule has 0 fully saturated rings. The lowest BCUT2D eigenvalue weighted by atomic mass is 10.1. The van der Waals surface area contributed by atoms with Crippen LogP contribution >= 0.6 is 11.8 Å². The number of benzene rings is 2. The van der Waals surface area contributed by atoms with Crippen LogP contribution < -0.4 is 10.6 Å². The third-order valence-corrected chi connectivity index (χ3v) is 6.29. The van der Waals surface area contributed by atoms with Crippen molar-refractivity contribution in [3.8, 4) is 0 Å². The summed E-state index contributed by atoms with van der Waals surface area (Å²) in [5.74, 6) is -0.671. The van der Waals surface area contributed by atoms with Gasteiger partial charge in [0.2, 0.25) is 11.8 Å². The van der Waals surface area contributed by atoms with Crippen LogP contribution in [0.2, 0.25) is 0 Å². The average Bonchev–Trinajstić information content (AvgIpc) is 2.99. The number of carbonyl (C=O) groups is 2. The summed E-state index contributed by atoms with van der Waals surface area (Å²) >= 11 is 1.27. The van der Waals surface area contributed by atoms with E-state index < -0.39 is 4.75 Å². The van der Waals surface area contributed by atoms with Crippen molar-refractivity contribution in [3.63, 3.8) is 0 Å². The van der Waals surface area contributed by atoms with Gasteiger partial charge in [0.1, 0.15) is 0 Å². The molecule has 0 saturated heterocycles. The van der Waals surface area contributed by atoms with E-state index in [1.54, 1.807) is 6.92 Å². The lowest BCUT2D eigenvalue weighted by Gasteiger charge is -2.31. The van der Waals surface area contributed by atoms with Crippen LogP contribution in [0.25, 0.3) is 0 Å². The normalized spacial score (nSPS) is 18.1. The van der Waals surface area contributed by atoms with Crippen LogP contribution in [-0.4, -0.2) is 26.3 Å². The van der Waals surface area contributed by atoms with Crippen LogP contribution in [0.4, 0.5) is 11.4 Å². The summed E-state index contributed by atoms with van der Waals surface area (Å²) in [7, 11) is 0. The highest BCUT2D eigenvalue weighted by Gasteiger charge is 2.45. The first-order valence-electron chi connectivity index (χ1n) is 9.36. The van der Waals surface area contributed by atoms with Gasteiger partial charge in [-0.05, 0) is 56.7 Å². The molecule has 1 aliphatic rings. The van der Waals surface area contributed by atoms with E-state index in [0.29, 0.717) is 12.2 Å². The number of nitrogens with zero attached hydrogens (tertiary/aromatic N) is 2. The highest BCUT2D eigenvalue weighted by molar-refractivity contribution is 8.02. The first-order chi connectivity index (χ1) is 13.8. The zero-order chi connectivity index (χ0) is 20.6. The SMILES string of the molecule is Cc1cc(C)n(Cc2cccc(NC(=O)C3(C)Sc4ccccc4NC3=O)c2)n1. The molecule has 148 valence electrons. The van der Waals surface area contributed by atoms with E-state index in [1.807, 2.05) is 73.1 Å². The van der Waals surface area contributed by atoms with Crippen LogP contribution in [0.5, 0.6) is 0 Å². The fourth-order valence-corrected chi connectivity index (χ4v) is 4.42. The molecule has 0 aliphatic carbocycles. The Kier molecular flexibility index (Phi) is 4.92. The number of amides is 2. The molecule has 0 bridgehead atoms. The quantitative estimate of drug-likeness (QED) is 0.643. The number of fused-ring (bicyclic) bond motifs is 1. The van der Waals surface area contributed by atoms with Gasteiger partial charge in [-0.1, -0.05) is 36.0 Å². The Hall–Kier alpha value is -3.06. The summed E-state index contributed by atoms with van der Waals surface area (Å²) in [6, 6.07) is 17.1. The molecule has 3 aromatic rings. The summed E-state index contributed by atoms with van der Waals surface area (Å²) in [6.07, 6.45) is 0. The number of rotatable bonds is 4. The van der Waals surface area contributed by atoms with Crippen LogP contribution in [0.1, 0.15) is 23.9 Å². The summed E-state index contributed by atoms with van der Waals surface area (Å²) in [6.45, 7) is 6.25. The second kappa shape index (κ2) is 7.40. The second-order valence-electron chi connectivity index (χ2n) is 7.32. The summed E-state index contributed by atoms with van der Waals surface area (Å²) in [5.41, 5.74) is 4.46. The van der Waals surface area contributed by atoms with E-state index in [-0.39, 0.29) is 11.8 Å². The predicted molar refractivity (Wildman–Crippen MR) is 115 cm³/mol. The Morgan fingerprint density at radius 3 is 2.72 bits per heavy atom. The average molecular weight is 407 g/mol. The molecule has 29 heavy (non-hydrogen) atoms. The van der Waals surface area contributed by atoms with Crippen molar-refractivity contribution in [2.45, 2.75) is 37.0 Å². The van der Waals surface area contributed by atoms with Crippen molar-refractivity contribution >= 4 is 35.0 Å². The van der Waals surface area contributed by atoms with Crippen molar-refractivity contribution in [2.24, 2.45) is 0 Å². The van der Waals surface area contributed by atoms with Crippen LogP contribution in [0, 0.1) is 13.8 Å². The number of thioether (sulfide) groups is 1. The molecule has 1 unspecified atom stereocenters. The number of nitrogens with one attached hydrogen (secondary N) is 2. The first kappa shape index (κ1) is 19.3. The molecule has 1 aromatic heterocycles. The highest BCUT2D eigenvalue weighted by atomic mass is 32.2. The summed E-state index contributed by atoms with van der Waals surface area (Å²) in [5, 5.41) is 10.2. The number of aryl methyl sites for hydroxylation is 2. The largest absolute Gasteiger partial charge is 0.324 e. The van der Waals surface area contributed by atoms with Gasteiger partial charge in [-0.15, -0.1) is 0 Å². The van der Waals surface area contributed by atoms with Gasteiger partial charge >= 0.3 is 0 Å². The van der Waals surface area contributed by atoms with Crippen LogP contribution in [0.15, 0.2) is 59.5 Å². The number of hydrogen-bond acceptors (Lipinski definition) is 4. The monoisotopic (exact) mass is 406 g/mol. The molecular formula is C22H22N4O2S. The van der Waals surface area contributed by atoms with Gasteiger partial charge in [-0.3, -0.25) is 14.3 Å². The van der Waals surface area contributed by atoms with Gasteiger partial charge in [-0.25, -0.2) is 0 Å².